The summed E-state index contributed by atoms with van der Waals surface area (Å²) in [6.07, 6.45) is 16.5. The predicted molar refractivity (Wildman–Crippen MR) is 77.6 cm³/mol. The SMILES string of the molecule is C/C=C/C1CCCC(C2CCC(OCC)CC2)C1. The van der Waals surface area contributed by atoms with Gasteiger partial charge in [0.05, 0.1) is 6.10 Å². The van der Waals surface area contributed by atoms with Crippen molar-refractivity contribution in [3.8, 4) is 0 Å². The molecule has 104 valence electrons. The van der Waals surface area contributed by atoms with Crippen molar-refractivity contribution in [2.75, 3.05) is 6.61 Å². The molecule has 2 rings (SSSR count). The lowest BCUT2D eigenvalue weighted by Gasteiger charge is -2.37. The lowest BCUT2D eigenvalue weighted by molar-refractivity contribution is 0.0138. The number of hydrogen-bond donors (Lipinski definition) is 0. The Morgan fingerprint density at radius 1 is 1.00 bits per heavy atom. The second kappa shape index (κ2) is 7.33. The maximum Gasteiger partial charge on any atom is 0.0575 e. The van der Waals surface area contributed by atoms with Gasteiger partial charge in [-0.3, -0.25) is 0 Å². The standard InChI is InChI=1S/C17H30O/c1-3-6-14-7-5-8-16(13-14)15-9-11-17(12-10-15)18-4-2/h3,6,14-17H,4-5,7-13H2,1-2H3/b6-3+. The second-order valence-electron chi connectivity index (χ2n) is 6.20. The number of allylic oxidation sites excluding steroid dienone is 2. The van der Waals surface area contributed by atoms with Crippen LogP contribution in [0.5, 0.6) is 0 Å². The van der Waals surface area contributed by atoms with E-state index >= 15 is 0 Å². The van der Waals surface area contributed by atoms with Crippen LogP contribution in [0.4, 0.5) is 0 Å². The van der Waals surface area contributed by atoms with Crippen LogP contribution >= 0.6 is 0 Å². The summed E-state index contributed by atoms with van der Waals surface area (Å²) in [7, 11) is 0. The minimum absolute atomic E-state index is 0.571. The molecule has 0 spiro atoms. The Labute approximate surface area is 113 Å². The van der Waals surface area contributed by atoms with E-state index < -0.39 is 0 Å². The van der Waals surface area contributed by atoms with E-state index in [-0.39, 0.29) is 0 Å². The van der Waals surface area contributed by atoms with Crippen LogP contribution < -0.4 is 0 Å². The molecule has 0 N–H and O–H groups in total. The molecule has 0 aromatic rings. The van der Waals surface area contributed by atoms with Crippen molar-refractivity contribution in [3.63, 3.8) is 0 Å². The molecule has 1 nitrogen and oxygen atoms in total. The normalized spacial score (nSPS) is 38.1. The Hall–Kier alpha value is -0.300. The maximum absolute atomic E-state index is 5.77. The molecule has 18 heavy (non-hydrogen) atoms. The molecule has 2 unspecified atom stereocenters. The van der Waals surface area contributed by atoms with Gasteiger partial charge in [-0.25, -0.2) is 0 Å². The van der Waals surface area contributed by atoms with Gasteiger partial charge >= 0.3 is 0 Å². The topological polar surface area (TPSA) is 9.23 Å². The largest absolute Gasteiger partial charge is 0.379 e. The fourth-order valence-corrected chi connectivity index (χ4v) is 4.10. The summed E-state index contributed by atoms with van der Waals surface area (Å²) in [6.45, 7) is 5.17. The molecule has 1 heteroatoms. The molecule has 0 aromatic heterocycles. The third-order valence-corrected chi connectivity index (χ3v) is 5.01. The van der Waals surface area contributed by atoms with Crippen molar-refractivity contribution in [1.29, 1.82) is 0 Å². The average molecular weight is 250 g/mol. The minimum Gasteiger partial charge on any atom is -0.379 e. The number of ether oxygens (including phenoxy) is 1. The Kier molecular flexibility index (Phi) is 5.75. The molecular formula is C17H30O. The molecule has 2 saturated carbocycles. The van der Waals surface area contributed by atoms with E-state index in [0.29, 0.717) is 6.10 Å². The van der Waals surface area contributed by atoms with Crippen LogP contribution in [0.3, 0.4) is 0 Å². The number of rotatable bonds is 4. The third-order valence-electron chi connectivity index (χ3n) is 5.01. The summed E-state index contributed by atoms with van der Waals surface area (Å²) in [4.78, 5) is 0. The molecule has 2 fully saturated rings. The highest BCUT2D eigenvalue weighted by Crippen LogP contribution is 2.41. The molecule has 0 aliphatic heterocycles. The van der Waals surface area contributed by atoms with Gasteiger partial charge in [0.1, 0.15) is 0 Å². The highest BCUT2D eigenvalue weighted by Gasteiger charge is 2.30. The Morgan fingerprint density at radius 2 is 1.78 bits per heavy atom. The molecule has 0 amide bonds. The van der Waals surface area contributed by atoms with E-state index in [1.165, 1.54) is 51.4 Å². The maximum atomic E-state index is 5.77. The van der Waals surface area contributed by atoms with Gasteiger partial charge in [-0.1, -0.05) is 25.0 Å². The molecule has 2 aliphatic carbocycles. The quantitative estimate of drug-likeness (QED) is 0.640. The average Bonchev–Trinajstić information content (AvgIpc) is 2.41. The van der Waals surface area contributed by atoms with Crippen molar-refractivity contribution >= 4 is 0 Å². The number of hydrogen-bond acceptors (Lipinski definition) is 1. The zero-order valence-electron chi connectivity index (χ0n) is 12.2. The van der Waals surface area contributed by atoms with Crippen LogP contribution in [0.2, 0.25) is 0 Å². The fraction of sp³-hybridized carbons (Fsp3) is 0.882. The van der Waals surface area contributed by atoms with Crippen molar-refractivity contribution < 1.29 is 4.74 Å². The van der Waals surface area contributed by atoms with Gasteiger partial charge in [0, 0.05) is 6.61 Å². The van der Waals surface area contributed by atoms with Crippen LogP contribution in [-0.2, 0) is 4.74 Å². The Morgan fingerprint density at radius 3 is 2.44 bits per heavy atom. The zero-order chi connectivity index (χ0) is 12.8. The summed E-state index contributed by atoms with van der Waals surface area (Å²) in [6, 6.07) is 0. The van der Waals surface area contributed by atoms with Crippen molar-refractivity contribution in [1.82, 2.24) is 0 Å². The lowest BCUT2D eigenvalue weighted by atomic mass is 9.70. The van der Waals surface area contributed by atoms with Crippen molar-refractivity contribution in [2.24, 2.45) is 17.8 Å². The van der Waals surface area contributed by atoms with Crippen LogP contribution in [0, 0.1) is 17.8 Å². The van der Waals surface area contributed by atoms with E-state index in [2.05, 4.69) is 26.0 Å². The van der Waals surface area contributed by atoms with Crippen LogP contribution in [0.15, 0.2) is 12.2 Å². The first kappa shape index (κ1) is 14.1. The van der Waals surface area contributed by atoms with Gasteiger partial charge in [0.15, 0.2) is 0 Å². The third kappa shape index (κ3) is 3.85. The van der Waals surface area contributed by atoms with E-state index in [4.69, 9.17) is 4.74 Å². The second-order valence-corrected chi connectivity index (χ2v) is 6.20. The summed E-state index contributed by atoms with van der Waals surface area (Å²) in [5, 5.41) is 0. The van der Waals surface area contributed by atoms with E-state index in [9.17, 15) is 0 Å². The smallest absolute Gasteiger partial charge is 0.0575 e. The molecule has 0 aromatic carbocycles. The first-order valence-electron chi connectivity index (χ1n) is 8.07. The van der Waals surface area contributed by atoms with Crippen LogP contribution in [0.1, 0.15) is 65.2 Å². The lowest BCUT2D eigenvalue weighted by Crippen LogP contribution is -2.28. The molecule has 0 heterocycles. The summed E-state index contributed by atoms with van der Waals surface area (Å²) in [5.74, 6) is 2.87. The van der Waals surface area contributed by atoms with Crippen molar-refractivity contribution in [2.45, 2.75) is 71.3 Å². The van der Waals surface area contributed by atoms with E-state index in [1.807, 2.05) is 0 Å². The zero-order valence-corrected chi connectivity index (χ0v) is 12.2. The molecule has 2 atom stereocenters. The van der Waals surface area contributed by atoms with Gasteiger partial charge in [-0.15, -0.1) is 0 Å². The monoisotopic (exact) mass is 250 g/mol. The fourth-order valence-electron chi connectivity index (χ4n) is 4.10. The van der Waals surface area contributed by atoms with Crippen LogP contribution in [-0.4, -0.2) is 12.7 Å². The van der Waals surface area contributed by atoms with Gasteiger partial charge in [-0.05, 0) is 70.1 Å². The minimum atomic E-state index is 0.571. The van der Waals surface area contributed by atoms with Gasteiger partial charge in [0.2, 0.25) is 0 Å². The molecular weight excluding hydrogens is 220 g/mol. The first-order valence-corrected chi connectivity index (χ1v) is 8.07. The summed E-state index contributed by atoms with van der Waals surface area (Å²) >= 11 is 0. The first-order chi connectivity index (χ1) is 8.83. The Balaban J connectivity index is 1.78. The summed E-state index contributed by atoms with van der Waals surface area (Å²) < 4.78 is 5.77. The molecule has 0 radical (unpaired) electrons. The Bertz CT molecular complexity index is 250. The predicted octanol–water partition coefficient (Wildman–Crippen LogP) is 4.96. The molecule has 0 saturated heterocycles. The highest BCUT2D eigenvalue weighted by molar-refractivity contribution is 4.91. The highest BCUT2D eigenvalue weighted by atomic mass is 16.5. The van der Waals surface area contributed by atoms with Gasteiger partial charge in [-0.2, -0.15) is 0 Å². The van der Waals surface area contributed by atoms with Gasteiger partial charge < -0.3 is 4.74 Å². The molecule has 0 bridgehead atoms. The van der Waals surface area contributed by atoms with Crippen LogP contribution in [0.25, 0.3) is 0 Å². The van der Waals surface area contributed by atoms with Gasteiger partial charge in [0.25, 0.3) is 0 Å². The van der Waals surface area contributed by atoms with E-state index in [1.54, 1.807) is 0 Å². The summed E-state index contributed by atoms with van der Waals surface area (Å²) in [5.41, 5.74) is 0. The molecule has 2 aliphatic rings. The van der Waals surface area contributed by atoms with Crippen molar-refractivity contribution in [3.05, 3.63) is 12.2 Å². The van der Waals surface area contributed by atoms with E-state index in [0.717, 1.165) is 24.4 Å².